The molecule has 0 bridgehead atoms. The highest BCUT2D eigenvalue weighted by Crippen LogP contribution is 2.39. The number of thioether (sulfide) groups is 1. The van der Waals surface area contributed by atoms with Gasteiger partial charge in [0.05, 0.1) is 11.2 Å². The predicted octanol–water partition coefficient (Wildman–Crippen LogP) is 3.89. The number of anilines is 1. The maximum absolute atomic E-state index is 11.4. The smallest absolute Gasteiger partial charge is 0.252 e. The van der Waals surface area contributed by atoms with E-state index in [4.69, 9.17) is 23.2 Å². The number of aromatic nitrogens is 2. The van der Waals surface area contributed by atoms with E-state index in [9.17, 15) is 4.79 Å². The average Bonchev–Trinajstić information content (AvgIpc) is 2.49. The second kappa shape index (κ2) is 6.78. The van der Waals surface area contributed by atoms with Gasteiger partial charge >= 0.3 is 0 Å². The van der Waals surface area contributed by atoms with Gasteiger partial charge in [0.15, 0.2) is 0 Å². The quantitative estimate of drug-likeness (QED) is 0.638. The number of nitrogens with zero attached hydrogens (tertiary/aromatic N) is 2. The molecule has 0 atom stereocenters. The van der Waals surface area contributed by atoms with Gasteiger partial charge in [0.2, 0.25) is 5.95 Å². The fourth-order valence-electron chi connectivity index (χ4n) is 2.09. The third-order valence-corrected chi connectivity index (χ3v) is 4.91. The Morgan fingerprint density at radius 1 is 1.39 bits per heavy atom. The number of hydrazone groups is 1. The molecule has 1 aromatic heterocycles. The number of nitrogens with one attached hydrogen (secondary N) is 2. The van der Waals surface area contributed by atoms with E-state index in [2.05, 4.69) is 20.5 Å². The Labute approximate surface area is 146 Å². The van der Waals surface area contributed by atoms with Crippen LogP contribution in [0, 0.1) is 6.92 Å². The van der Waals surface area contributed by atoms with Crippen molar-refractivity contribution >= 4 is 52.2 Å². The Bertz CT molecular complexity index is 876. The van der Waals surface area contributed by atoms with Crippen LogP contribution in [0.3, 0.4) is 0 Å². The normalized spacial score (nSPS) is 14.2. The highest BCUT2D eigenvalue weighted by Gasteiger charge is 2.17. The summed E-state index contributed by atoms with van der Waals surface area (Å²) < 4.78 is 0. The number of hydrogen-bond acceptors (Lipinski definition) is 5. The first-order valence-corrected chi connectivity index (χ1v) is 8.45. The van der Waals surface area contributed by atoms with Crippen LogP contribution >= 0.6 is 35.0 Å². The van der Waals surface area contributed by atoms with E-state index < -0.39 is 0 Å². The Morgan fingerprint density at radius 2 is 2.22 bits per heavy atom. The fourth-order valence-corrected chi connectivity index (χ4v) is 3.68. The van der Waals surface area contributed by atoms with Crippen LogP contribution in [-0.2, 0) is 0 Å². The van der Waals surface area contributed by atoms with E-state index in [0.717, 1.165) is 16.0 Å². The number of benzene rings is 1. The fraction of sp³-hybridized carbons (Fsp3) is 0.133. The molecular weight excluding hydrogens is 355 g/mol. The minimum atomic E-state index is -0.232. The zero-order valence-electron chi connectivity index (χ0n) is 12.1. The highest BCUT2D eigenvalue weighted by atomic mass is 35.5. The minimum absolute atomic E-state index is 0.232. The molecule has 2 aromatic rings. The summed E-state index contributed by atoms with van der Waals surface area (Å²) in [6.45, 7) is 1.74. The van der Waals surface area contributed by atoms with Gasteiger partial charge in [0.1, 0.15) is 0 Å². The molecule has 1 aromatic carbocycles. The number of hydrogen-bond donors (Lipinski definition) is 2. The van der Waals surface area contributed by atoms with Crippen LogP contribution in [0.25, 0.3) is 5.03 Å². The van der Waals surface area contributed by atoms with Crippen LogP contribution in [0.15, 0.2) is 44.6 Å². The van der Waals surface area contributed by atoms with Crippen LogP contribution < -0.4 is 11.0 Å². The van der Waals surface area contributed by atoms with Crippen molar-refractivity contribution in [2.24, 2.45) is 5.10 Å². The minimum Gasteiger partial charge on any atom is -0.291 e. The number of halogens is 2. The number of fused-ring (bicyclic) bond motifs is 1. The van der Waals surface area contributed by atoms with Gasteiger partial charge in [-0.25, -0.2) is 10.4 Å². The summed E-state index contributed by atoms with van der Waals surface area (Å²) in [4.78, 5) is 19.1. The first kappa shape index (κ1) is 16.1. The summed E-state index contributed by atoms with van der Waals surface area (Å²) in [5, 5.41) is 5.36. The van der Waals surface area contributed by atoms with Gasteiger partial charge in [0.25, 0.3) is 5.56 Å². The maximum Gasteiger partial charge on any atom is 0.252 e. The van der Waals surface area contributed by atoms with Gasteiger partial charge in [-0.3, -0.25) is 9.78 Å². The molecule has 2 heterocycles. The van der Waals surface area contributed by atoms with Crippen molar-refractivity contribution in [2.45, 2.75) is 11.8 Å². The largest absolute Gasteiger partial charge is 0.291 e. The third kappa shape index (κ3) is 3.77. The van der Waals surface area contributed by atoms with Crippen LogP contribution in [-0.4, -0.2) is 21.9 Å². The average molecular weight is 367 g/mol. The van der Waals surface area contributed by atoms with Gasteiger partial charge in [-0.1, -0.05) is 23.2 Å². The molecule has 0 unspecified atom stereocenters. The summed E-state index contributed by atoms with van der Waals surface area (Å²) in [6.07, 6.45) is 1.63. The molecule has 0 saturated heterocycles. The molecule has 8 heteroatoms. The maximum atomic E-state index is 11.4. The number of rotatable bonds is 3. The van der Waals surface area contributed by atoms with Crippen LogP contribution in [0.1, 0.15) is 11.3 Å². The lowest BCUT2D eigenvalue weighted by Crippen LogP contribution is -2.10. The lowest BCUT2D eigenvalue weighted by atomic mass is 10.1. The number of aryl methyl sites for hydroxylation is 1. The van der Waals surface area contributed by atoms with E-state index in [1.165, 1.54) is 6.07 Å². The lowest BCUT2D eigenvalue weighted by Gasteiger charge is -2.17. The summed E-state index contributed by atoms with van der Waals surface area (Å²) in [7, 11) is 0. The Balaban J connectivity index is 1.82. The molecule has 0 amide bonds. The second-order valence-corrected chi connectivity index (χ2v) is 6.71. The molecule has 118 valence electrons. The summed E-state index contributed by atoms with van der Waals surface area (Å²) in [5.74, 6) is 0.992. The first-order chi connectivity index (χ1) is 11.0. The molecule has 23 heavy (non-hydrogen) atoms. The SMILES string of the molecule is Cc1cc(=O)[nH]c(N/N=C/C2=C(Cl)c3cc(Cl)ccc3SC2)n1. The molecule has 0 aliphatic carbocycles. The lowest BCUT2D eigenvalue weighted by molar-refractivity contribution is 1.04. The van der Waals surface area contributed by atoms with Crippen molar-refractivity contribution in [3.63, 3.8) is 0 Å². The standard InChI is InChI=1S/C15H12Cl2N4OS/c1-8-4-13(22)20-15(19-8)21-18-6-9-7-23-12-3-2-10(16)5-11(12)14(9)17/h2-6H,7H2,1H3,(H2,19,20,21,22)/b18-6+. The predicted molar refractivity (Wildman–Crippen MR) is 96.7 cm³/mol. The van der Waals surface area contributed by atoms with Crippen molar-refractivity contribution in [1.82, 2.24) is 9.97 Å². The van der Waals surface area contributed by atoms with Gasteiger partial charge in [0, 0.05) is 38.6 Å². The summed E-state index contributed by atoms with van der Waals surface area (Å²) in [5.41, 5.74) is 4.85. The molecule has 3 rings (SSSR count). The zero-order valence-corrected chi connectivity index (χ0v) is 14.4. The van der Waals surface area contributed by atoms with Gasteiger partial charge in [-0.15, -0.1) is 11.8 Å². The topological polar surface area (TPSA) is 70.1 Å². The highest BCUT2D eigenvalue weighted by molar-refractivity contribution is 7.99. The molecule has 0 radical (unpaired) electrons. The molecule has 2 N–H and O–H groups in total. The van der Waals surface area contributed by atoms with Crippen molar-refractivity contribution in [1.29, 1.82) is 0 Å². The zero-order chi connectivity index (χ0) is 16.4. The van der Waals surface area contributed by atoms with Crippen molar-refractivity contribution in [3.05, 3.63) is 56.5 Å². The van der Waals surface area contributed by atoms with Gasteiger partial charge in [-0.2, -0.15) is 5.10 Å². The van der Waals surface area contributed by atoms with Gasteiger partial charge in [-0.05, 0) is 25.1 Å². The van der Waals surface area contributed by atoms with E-state index in [1.54, 1.807) is 24.9 Å². The number of H-pyrrole nitrogens is 1. The molecule has 1 aliphatic rings. The summed E-state index contributed by atoms with van der Waals surface area (Å²) >= 11 is 14.1. The molecule has 0 spiro atoms. The van der Waals surface area contributed by atoms with Crippen LogP contribution in [0.5, 0.6) is 0 Å². The third-order valence-electron chi connectivity index (χ3n) is 3.10. The second-order valence-electron chi connectivity index (χ2n) is 4.87. The van der Waals surface area contributed by atoms with E-state index in [-0.39, 0.29) is 11.5 Å². The Kier molecular flexibility index (Phi) is 4.75. The monoisotopic (exact) mass is 366 g/mol. The molecule has 5 nitrogen and oxygen atoms in total. The van der Waals surface area contributed by atoms with Crippen LogP contribution in [0.4, 0.5) is 5.95 Å². The van der Waals surface area contributed by atoms with Crippen molar-refractivity contribution < 1.29 is 0 Å². The Morgan fingerprint density at radius 3 is 3.00 bits per heavy atom. The molecule has 0 fully saturated rings. The van der Waals surface area contributed by atoms with E-state index in [1.807, 2.05) is 18.2 Å². The van der Waals surface area contributed by atoms with E-state index >= 15 is 0 Å². The van der Waals surface area contributed by atoms with Gasteiger partial charge < -0.3 is 0 Å². The van der Waals surface area contributed by atoms with Crippen molar-refractivity contribution in [2.75, 3.05) is 11.2 Å². The van der Waals surface area contributed by atoms with E-state index in [0.29, 0.717) is 21.5 Å². The summed E-state index contributed by atoms with van der Waals surface area (Å²) in [6, 6.07) is 7.05. The Hall–Kier alpha value is -1.76. The van der Waals surface area contributed by atoms with Crippen LogP contribution in [0.2, 0.25) is 5.02 Å². The first-order valence-electron chi connectivity index (χ1n) is 6.71. The number of aromatic amines is 1. The molecule has 0 saturated carbocycles. The molecular formula is C15H12Cl2N4OS. The van der Waals surface area contributed by atoms with Crippen molar-refractivity contribution in [3.8, 4) is 0 Å². The molecule has 1 aliphatic heterocycles.